The normalized spacial score (nSPS) is 11.8. The molecule has 1 N–H and O–H groups in total. The van der Waals surface area contributed by atoms with Crippen LogP contribution in [0.5, 0.6) is 0 Å². The Morgan fingerprint density at radius 1 is 1.20 bits per heavy atom. The van der Waals surface area contributed by atoms with Crippen LogP contribution in [-0.4, -0.2) is 8.42 Å². The Morgan fingerprint density at radius 2 is 1.90 bits per heavy atom. The summed E-state index contributed by atoms with van der Waals surface area (Å²) in [4.78, 5) is -0.0452. The predicted molar refractivity (Wildman–Crippen MR) is 87.5 cm³/mol. The van der Waals surface area contributed by atoms with E-state index >= 15 is 0 Å². The van der Waals surface area contributed by atoms with E-state index in [9.17, 15) is 8.42 Å². The van der Waals surface area contributed by atoms with Crippen molar-refractivity contribution in [1.29, 1.82) is 0 Å². The van der Waals surface area contributed by atoms with Gasteiger partial charge in [0.1, 0.15) is 13.6 Å². The van der Waals surface area contributed by atoms with E-state index < -0.39 is 10.0 Å². The van der Waals surface area contributed by atoms with Crippen molar-refractivity contribution in [2.24, 2.45) is 0 Å². The van der Waals surface area contributed by atoms with E-state index in [0.29, 0.717) is 5.02 Å². The summed E-state index contributed by atoms with van der Waals surface area (Å²) >= 11 is 21.7. The first-order valence-electron chi connectivity index (χ1n) is 5.18. The van der Waals surface area contributed by atoms with Crippen molar-refractivity contribution in [3.05, 3.63) is 48.0 Å². The van der Waals surface area contributed by atoms with Crippen LogP contribution in [-0.2, 0) is 16.6 Å². The van der Waals surface area contributed by atoms with Crippen LogP contribution in [0, 0.1) is 0 Å². The van der Waals surface area contributed by atoms with Crippen LogP contribution >= 0.6 is 62.1 Å². The number of benzene rings is 1. The second kappa shape index (κ2) is 6.52. The number of nitrogens with one attached hydrogen (secondary N) is 1. The van der Waals surface area contributed by atoms with Gasteiger partial charge in [-0.05, 0) is 33.6 Å². The average molecular weight is 436 g/mol. The van der Waals surface area contributed by atoms with E-state index in [1.807, 2.05) is 0 Å². The molecule has 0 spiro atoms. The Balaban J connectivity index is 2.24. The van der Waals surface area contributed by atoms with E-state index in [1.165, 1.54) is 0 Å². The van der Waals surface area contributed by atoms with Crippen molar-refractivity contribution in [3.8, 4) is 0 Å². The van der Waals surface area contributed by atoms with Crippen molar-refractivity contribution in [1.82, 2.24) is 4.72 Å². The molecule has 0 aliphatic rings. The lowest BCUT2D eigenvalue weighted by atomic mass is 10.2. The summed E-state index contributed by atoms with van der Waals surface area (Å²) in [5.74, 6) is 0. The molecule has 0 saturated heterocycles. The lowest BCUT2D eigenvalue weighted by molar-refractivity contribution is 0.581. The van der Waals surface area contributed by atoms with E-state index in [0.717, 1.165) is 16.9 Å². The molecule has 0 amide bonds. The summed E-state index contributed by atoms with van der Waals surface area (Å²) in [7, 11) is -3.76. The number of thiophene rings is 1. The Morgan fingerprint density at radius 3 is 2.45 bits per heavy atom. The summed E-state index contributed by atoms with van der Waals surface area (Å²) in [6.07, 6.45) is 0. The third kappa shape index (κ3) is 3.68. The molecular formula is C11H7BrCl3NO2S2. The molecule has 3 nitrogen and oxygen atoms in total. The van der Waals surface area contributed by atoms with E-state index in [4.69, 9.17) is 34.8 Å². The Hall–Kier alpha value is 0.180. The molecule has 0 bridgehead atoms. The van der Waals surface area contributed by atoms with Gasteiger partial charge in [-0.3, -0.25) is 0 Å². The fraction of sp³-hybridized carbons (Fsp3) is 0.0909. The van der Waals surface area contributed by atoms with Crippen LogP contribution in [0.4, 0.5) is 0 Å². The molecule has 0 aliphatic carbocycles. The Kier molecular flexibility index (Phi) is 5.40. The quantitative estimate of drug-likeness (QED) is 0.739. The lowest BCUT2D eigenvalue weighted by Crippen LogP contribution is -2.23. The predicted octanol–water partition coefficient (Wildman–Crippen LogP) is 4.95. The zero-order valence-electron chi connectivity index (χ0n) is 9.66. The first kappa shape index (κ1) is 16.5. The van der Waals surface area contributed by atoms with Gasteiger partial charge in [-0.1, -0.05) is 46.9 Å². The molecule has 2 rings (SSSR count). The van der Waals surface area contributed by atoms with Crippen molar-refractivity contribution in [2.75, 3.05) is 0 Å². The first-order valence-corrected chi connectivity index (χ1v) is 9.41. The second-order valence-corrected chi connectivity index (χ2v) is 8.91. The summed E-state index contributed by atoms with van der Waals surface area (Å²) in [6, 6.07) is 6.91. The van der Waals surface area contributed by atoms with Gasteiger partial charge in [-0.25, -0.2) is 13.1 Å². The minimum absolute atomic E-state index is 0.0452. The number of hydrogen-bond donors (Lipinski definition) is 1. The number of sulfonamides is 1. The molecule has 9 heteroatoms. The maximum Gasteiger partial charge on any atom is 0.244 e. The number of rotatable bonds is 4. The molecule has 0 unspecified atom stereocenters. The highest BCUT2D eigenvalue weighted by Crippen LogP contribution is 2.42. The van der Waals surface area contributed by atoms with Crippen molar-refractivity contribution >= 4 is 72.1 Å². The monoisotopic (exact) mass is 433 g/mol. The molecule has 0 fully saturated rings. The Labute approximate surface area is 144 Å². The highest BCUT2D eigenvalue weighted by molar-refractivity contribution is 9.10. The highest BCUT2D eigenvalue weighted by Gasteiger charge is 2.25. The molecule has 20 heavy (non-hydrogen) atoms. The molecule has 0 aliphatic heterocycles. The zero-order valence-corrected chi connectivity index (χ0v) is 15.1. The molecule has 0 radical (unpaired) electrons. The van der Waals surface area contributed by atoms with Gasteiger partial charge < -0.3 is 0 Å². The van der Waals surface area contributed by atoms with Gasteiger partial charge >= 0.3 is 0 Å². The molecule has 1 heterocycles. The maximum absolute atomic E-state index is 12.2. The van der Waals surface area contributed by atoms with Gasteiger partial charge in [-0.2, -0.15) is 0 Å². The van der Waals surface area contributed by atoms with Crippen molar-refractivity contribution in [2.45, 2.75) is 11.4 Å². The van der Waals surface area contributed by atoms with Gasteiger partial charge in [0.25, 0.3) is 0 Å². The molecule has 108 valence electrons. The SMILES string of the molecule is O=S(=O)(NCc1cccc(Cl)c1)c1c(Cl)sc(Cl)c1Br. The third-order valence-corrected chi connectivity index (χ3v) is 7.45. The third-order valence-electron chi connectivity index (χ3n) is 2.35. The second-order valence-electron chi connectivity index (χ2n) is 3.75. The van der Waals surface area contributed by atoms with Crippen LogP contribution in [0.3, 0.4) is 0 Å². The summed E-state index contributed by atoms with van der Waals surface area (Å²) in [5.41, 5.74) is 0.745. The fourth-order valence-electron chi connectivity index (χ4n) is 1.47. The fourth-order valence-corrected chi connectivity index (χ4v) is 6.25. The van der Waals surface area contributed by atoms with Crippen LogP contribution in [0.25, 0.3) is 0 Å². The van der Waals surface area contributed by atoms with Crippen LogP contribution in [0.1, 0.15) is 5.56 Å². The van der Waals surface area contributed by atoms with Crippen LogP contribution in [0.15, 0.2) is 33.6 Å². The number of hydrogen-bond acceptors (Lipinski definition) is 3. The molecule has 2 aromatic rings. The van der Waals surface area contributed by atoms with E-state index in [1.54, 1.807) is 24.3 Å². The maximum atomic E-state index is 12.2. The molecule has 1 aromatic carbocycles. The van der Waals surface area contributed by atoms with Crippen molar-refractivity contribution in [3.63, 3.8) is 0 Å². The smallest absolute Gasteiger partial charge is 0.207 e. The lowest BCUT2D eigenvalue weighted by Gasteiger charge is -2.07. The number of halogens is 4. The summed E-state index contributed by atoms with van der Waals surface area (Å²) in [5, 5.41) is 0.541. The molecular weight excluding hydrogens is 429 g/mol. The molecule has 0 atom stereocenters. The van der Waals surface area contributed by atoms with Gasteiger partial charge in [0.05, 0.1) is 4.47 Å². The minimum atomic E-state index is -3.76. The minimum Gasteiger partial charge on any atom is -0.207 e. The molecule has 0 saturated carbocycles. The van der Waals surface area contributed by atoms with Crippen LogP contribution in [0.2, 0.25) is 13.7 Å². The highest BCUT2D eigenvalue weighted by atomic mass is 79.9. The first-order chi connectivity index (χ1) is 9.31. The van der Waals surface area contributed by atoms with Crippen LogP contribution < -0.4 is 4.72 Å². The van der Waals surface area contributed by atoms with E-state index in [2.05, 4.69) is 20.7 Å². The summed E-state index contributed by atoms with van der Waals surface area (Å²) < 4.78 is 27.6. The van der Waals surface area contributed by atoms with Gasteiger partial charge in [-0.15, -0.1) is 11.3 Å². The molecule has 1 aromatic heterocycles. The summed E-state index contributed by atoms with van der Waals surface area (Å²) in [6.45, 7) is 0.110. The standard InChI is InChI=1S/C11H7BrCl3NO2S2/c12-8-9(11(15)19-10(8)14)20(17,18)16-5-6-2-1-3-7(13)4-6/h1-4,16H,5H2. The zero-order chi connectivity index (χ0) is 14.9. The van der Waals surface area contributed by atoms with Crippen molar-refractivity contribution < 1.29 is 8.42 Å². The van der Waals surface area contributed by atoms with Gasteiger partial charge in [0, 0.05) is 11.6 Å². The average Bonchev–Trinajstić information content (AvgIpc) is 2.61. The van der Waals surface area contributed by atoms with Gasteiger partial charge in [0.2, 0.25) is 10.0 Å². The Bertz CT molecular complexity index is 746. The van der Waals surface area contributed by atoms with E-state index in [-0.39, 0.29) is 24.6 Å². The topological polar surface area (TPSA) is 46.2 Å². The van der Waals surface area contributed by atoms with Gasteiger partial charge in [0.15, 0.2) is 0 Å². The largest absolute Gasteiger partial charge is 0.244 e.